The molecule has 0 spiro atoms. The van der Waals surface area contributed by atoms with E-state index in [1.54, 1.807) is 6.20 Å². The summed E-state index contributed by atoms with van der Waals surface area (Å²) in [5, 5.41) is 0. The molecule has 4 nitrogen and oxygen atoms in total. The first-order chi connectivity index (χ1) is 8.70. The fraction of sp³-hybridized carbons (Fsp3) is 0.286. The van der Waals surface area contributed by atoms with Gasteiger partial charge in [0, 0.05) is 24.0 Å². The maximum atomic E-state index is 5.72. The molecule has 94 valence electrons. The average molecular weight is 243 g/mol. The fourth-order valence-corrected chi connectivity index (χ4v) is 1.68. The van der Waals surface area contributed by atoms with Crippen molar-refractivity contribution >= 4 is 0 Å². The molecule has 0 bridgehead atoms. The number of nitrogens with zero attached hydrogens (tertiary/aromatic N) is 2. The molecule has 1 aromatic carbocycles. The Balaban J connectivity index is 2.12. The van der Waals surface area contributed by atoms with Crippen LogP contribution in [0, 0.1) is 6.92 Å². The number of aromatic nitrogens is 2. The molecule has 0 radical (unpaired) electrons. The van der Waals surface area contributed by atoms with Crippen molar-refractivity contribution in [1.82, 2.24) is 9.97 Å². The molecule has 2 aromatic rings. The first-order valence-corrected chi connectivity index (χ1v) is 5.95. The molecule has 0 aliphatic rings. The highest BCUT2D eigenvalue weighted by Crippen LogP contribution is 2.18. The average Bonchev–Trinajstić information content (AvgIpc) is 2.40. The number of nitrogens with two attached hydrogens (primary N) is 1. The van der Waals surface area contributed by atoms with Crippen molar-refractivity contribution in [2.75, 3.05) is 0 Å². The van der Waals surface area contributed by atoms with E-state index in [9.17, 15) is 0 Å². The molecule has 0 fully saturated rings. The summed E-state index contributed by atoms with van der Waals surface area (Å²) in [6.07, 6.45) is 1.64. The van der Waals surface area contributed by atoms with Crippen molar-refractivity contribution < 1.29 is 4.74 Å². The number of benzene rings is 1. The highest BCUT2D eigenvalue weighted by molar-refractivity contribution is 5.20. The first kappa shape index (κ1) is 12.5. The summed E-state index contributed by atoms with van der Waals surface area (Å²) in [6.45, 7) is 4.33. The smallest absolute Gasteiger partial charge is 0.317 e. The maximum absolute atomic E-state index is 5.72. The van der Waals surface area contributed by atoms with Crippen LogP contribution >= 0.6 is 0 Å². The van der Waals surface area contributed by atoms with Gasteiger partial charge >= 0.3 is 6.01 Å². The van der Waals surface area contributed by atoms with Crippen molar-refractivity contribution in [3.05, 3.63) is 53.3 Å². The molecule has 4 heteroatoms. The molecule has 2 N–H and O–H groups in total. The zero-order valence-electron chi connectivity index (χ0n) is 10.6. The van der Waals surface area contributed by atoms with Gasteiger partial charge in [-0.05, 0) is 19.4 Å². The normalized spacial score (nSPS) is 12.2. The predicted octanol–water partition coefficient (Wildman–Crippen LogP) is 2.38. The van der Waals surface area contributed by atoms with Crippen molar-refractivity contribution in [2.45, 2.75) is 26.5 Å². The summed E-state index contributed by atoms with van der Waals surface area (Å²) in [5.74, 6) is 0. The Morgan fingerprint density at radius 1 is 1.28 bits per heavy atom. The van der Waals surface area contributed by atoms with E-state index >= 15 is 0 Å². The molecule has 1 unspecified atom stereocenters. The van der Waals surface area contributed by atoms with Crippen molar-refractivity contribution in [3.8, 4) is 6.01 Å². The third kappa shape index (κ3) is 2.84. The quantitative estimate of drug-likeness (QED) is 0.895. The minimum Gasteiger partial charge on any atom is -0.456 e. The Bertz CT molecular complexity index is 514. The van der Waals surface area contributed by atoms with Gasteiger partial charge in [0.1, 0.15) is 6.10 Å². The van der Waals surface area contributed by atoms with Gasteiger partial charge in [-0.2, -0.15) is 0 Å². The zero-order valence-corrected chi connectivity index (χ0v) is 10.6. The number of hydrogen-bond acceptors (Lipinski definition) is 4. The standard InChI is InChI=1S/C14H17N3O/c1-10-13(8-15)9-16-14(17-10)18-11(2)12-6-4-3-5-7-12/h3-7,9,11H,8,15H2,1-2H3. The molecule has 0 aliphatic carbocycles. The third-order valence-corrected chi connectivity index (χ3v) is 2.83. The fourth-order valence-electron chi connectivity index (χ4n) is 1.68. The number of hydrogen-bond donors (Lipinski definition) is 1. The number of aryl methyl sites for hydroxylation is 1. The summed E-state index contributed by atoms with van der Waals surface area (Å²) < 4.78 is 5.72. The Hall–Kier alpha value is -1.94. The van der Waals surface area contributed by atoms with Crippen LogP contribution in [0.2, 0.25) is 0 Å². The van der Waals surface area contributed by atoms with Crippen LogP contribution in [0.3, 0.4) is 0 Å². The largest absolute Gasteiger partial charge is 0.456 e. The molecular formula is C14H17N3O. The Morgan fingerprint density at radius 2 is 2.00 bits per heavy atom. The summed E-state index contributed by atoms with van der Waals surface area (Å²) in [4.78, 5) is 8.46. The first-order valence-electron chi connectivity index (χ1n) is 5.95. The van der Waals surface area contributed by atoms with E-state index in [4.69, 9.17) is 10.5 Å². The number of ether oxygens (including phenoxy) is 1. The topological polar surface area (TPSA) is 61.0 Å². The summed E-state index contributed by atoms with van der Waals surface area (Å²) in [6, 6.07) is 10.4. The molecular weight excluding hydrogens is 226 g/mol. The second-order valence-corrected chi connectivity index (χ2v) is 4.14. The van der Waals surface area contributed by atoms with Gasteiger partial charge in [-0.15, -0.1) is 0 Å². The van der Waals surface area contributed by atoms with E-state index in [1.807, 2.05) is 44.2 Å². The van der Waals surface area contributed by atoms with E-state index in [1.165, 1.54) is 0 Å². The SMILES string of the molecule is Cc1nc(OC(C)c2ccccc2)ncc1CN. The van der Waals surface area contributed by atoms with Crippen molar-refractivity contribution in [2.24, 2.45) is 5.73 Å². The second-order valence-electron chi connectivity index (χ2n) is 4.14. The van der Waals surface area contributed by atoms with Gasteiger partial charge in [0.15, 0.2) is 0 Å². The third-order valence-electron chi connectivity index (χ3n) is 2.83. The minimum absolute atomic E-state index is 0.0747. The monoisotopic (exact) mass is 243 g/mol. The molecule has 0 saturated heterocycles. The maximum Gasteiger partial charge on any atom is 0.317 e. The van der Waals surface area contributed by atoms with E-state index < -0.39 is 0 Å². The highest BCUT2D eigenvalue weighted by atomic mass is 16.5. The molecule has 1 heterocycles. The Kier molecular flexibility index (Phi) is 3.89. The van der Waals surface area contributed by atoms with Crippen molar-refractivity contribution in [3.63, 3.8) is 0 Å². The van der Waals surface area contributed by atoms with Gasteiger partial charge in [0.25, 0.3) is 0 Å². The Morgan fingerprint density at radius 3 is 2.61 bits per heavy atom. The van der Waals surface area contributed by atoms with Crippen LogP contribution in [-0.2, 0) is 6.54 Å². The lowest BCUT2D eigenvalue weighted by Gasteiger charge is -2.14. The van der Waals surface area contributed by atoms with Crippen LogP contribution in [0.25, 0.3) is 0 Å². The van der Waals surface area contributed by atoms with Gasteiger partial charge in [-0.1, -0.05) is 30.3 Å². The van der Waals surface area contributed by atoms with Crippen LogP contribution < -0.4 is 10.5 Å². The number of rotatable bonds is 4. The van der Waals surface area contributed by atoms with Gasteiger partial charge < -0.3 is 10.5 Å². The van der Waals surface area contributed by atoms with Crippen LogP contribution in [0.15, 0.2) is 36.5 Å². The second kappa shape index (κ2) is 5.60. The van der Waals surface area contributed by atoms with Gasteiger partial charge in [-0.3, -0.25) is 0 Å². The van der Waals surface area contributed by atoms with E-state index in [0.29, 0.717) is 12.6 Å². The minimum atomic E-state index is -0.0747. The molecule has 1 aromatic heterocycles. The zero-order chi connectivity index (χ0) is 13.0. The lowest BCUT2D eigenvalue weighted by Crippen LogP contribution is -2.08. The summed E-state index contributed by atoms with van der Waals surface area (Å²) >= 11 is 0. The van der Waals surface area contributed by atoms with Gasteiger partial charge in [0.2, 0.25) is 0 Å². The van der Waals surface area contributed by atoms with Crippen LogP contribution in [-0.4, -0.2) is 9.97 Å². The molecule has 0 amide bonds. The molecule has 2 rings (SSSR count). The van der Waals surface area contributed by atoms with Gasteiger partial charge in [0.05, 0.1) is 0 Å². The van der Waals surface area contributed by atoms with Crippen molar-refractivity contribution in [1.29, 1.82) is 0 Å². The molecule has 18 heavy (non-hydrogen) atoms. The highest BCUT2D eigenvalue weighted by Gasteiger charge is 2.09. The van der Waals surface area contributed by atoms with E-state index in [2.05, 4.69) is 9.97 Å². The summed E-state index contributed by atoms with van der Waals surface area (Å²) in [7, 11) is 0. The van der Waals surface area contributed by atoms with Gasteiger partial charge in [-0.25, -0.2) is 9.97 Å². The Labute approximate surface area is 107 Å². The van der Waals surface area contributed by atoms with Crippen LogP contribution in [0.5, 0.6) is 6.01 Å². The van der Waals surface area contributed by atoms with Crippen LogP contribution in [0.4, 0.5) is 0 Å². The molecule has 0 saturated carbocycles. The lowest BCUT2D eigenvalue weighted by atomic mass is 10.1. The molecule has 1 atom stereocenters. The van der Waals surface area contributed by atoms with E-state index in [-0.39, 0.29) is 6.10 Å². The lowest BCUT2D eigenvalue weighted by molar-refractivity contribution is 0.206. The summed E-state index contributed by atoms with van der Waals surface area (Å²) in [5.41, 5.74) is 8.47. The van der Waals surface area contributed by atoms with E-state index in [0.717, 1.165) is 16.8 Å². The van der Waals surface area contributed by atoms with Crippen LogP contribution in [0.1, 0.15) is 29.8 Å². The predicted molar refractivity (Wildman–Crippen MR) is 70.1 cm³/mol. The molecule has 0 aliphatic heterocycles.